The van der Waals surface area contributed by atoms with E-state index in [1.54, 1.807) is 0 Å². The van der Waals surface area contributed by atoms with E-state index >= 15 is 0 Å². The third kappa shape index (κ3) is 3.20. The van der Waals surface area contributed by atoms with Gasteiger partial charge in [0, 0.05) is 18.2 Å². The molecule has 0 unspecified atom stereocenters. The first kappa shape index (κ1) is 14.6. The summed E-state index contributed by atoms with van der Waals surface area (Å²) in [5.41, 5.74) is 1.34. The highest BCUT2D eigenvalue weighted by Gasteiger charge is 2.26. The van der Waals surface area contributed by atoms with Gasteiger partial charge in [-0.15, -0.1) is 0 Å². The van der Waals surface area contributed by atoms with Gasteiger partial charge in [-0.3, -0.25) is 4.79 Å². The highest BCUT2D eigenvalue weighted by atomic mass is 16.2. The van der Waals surface area contributed by atoms with Crippen LogP contribution in [-0.2, 0) is 0 Å². The molecule has 0 saturated heterocycles. The molecule has 0 bridgehead atoms. The van der Waals surface area contributed by atoms with E-state index in [1.165, 1.54) is 12.8 Å². The maximum atomic E-state index is 12.7. The summed E-state index contributed by atoms with van der Waals surface area (Å²) in [5, 5.41) is 8.82. The zero-order valence-electron chi connectivity index (χ0n) is 11.9. The first-order valence-electron chi connectivity index (χ1n) is 7.27. The van der Waals surface area contributed by atoms with Crippen molar-refractivity contribution in [3.8, 4) is 11.8 Å². The molecule has 0 atom stereocenters. The van der Waals surface area contributed by atoms with E-state index < -0.39 is 0 Å². The van der Waals surface area contributed by atoms with Crippen molar-refractivity contribution in [3.63, 3.8) is 0 Å². The molecule has 0 aliphatic heterocycles. The smallest absolute Gasteiger partial charge is 0.255 e. The predicted molar refractivity (Wildman–Crippen MR) is 79.4 cm³/mol. The van der Waals surface area contributed by atoms with Crippen LogP contribution in [0.25, 0.3) is 0 Å². The quantitative estimate of drug-likeness (QED) is 0.858. The lowest BCUT2D eigenvalue weighted by molar-refractivity contribution is 0.0693. The van der Waals surface area contributed by atoms with Crippen LogP contribution in [0.3, 0.4) is 0 Å². The Hall–Kier alpha value is -1.79. The Morgan fingerprint density at radius 1 is 1.35 bits per heavy atom. The van der Waals surface area contributed by atoms with Gasteiger partial charge in [-0.1, -0.05) is 36.8 Å². The minimum Gasteiger partial charge on any atom is -0.384 e. The number of amides is 1. The first-order valence-corrected chi connectivity index (χ1v) is 7.27. The summed E-state index contributed by atoms with van der Waals surface area (Å²) in [6.07, 6.45) is 4.62. The van der Waals surface area contributed by atoms with Crippen LogP contribution >= 0.6 is 0 Å². The van der Waals surface area contributed by atoms with Crippen LogP contribution < -0.4 is 0 Å². The van der Waals surface area contributed by atoms with E-state index in [0.717, 1.165) is 19.4 Å². The molecule has 1 aliphatic rings. The highest BCUT2D eigenvalue weighted by molar-refractivity contribution is 5.97. The van der Waals surface area contributed by atoms with Gasteiger partial charge in [0.1, 0.15) is 6.61 Å². The molecule has 106 valence electrons. The number of hydrogen-bond donors (Lipinski definition) is 1. The van der Waals surface area contributed by atoms with Gasteiger partial charge in [-0.05, 0) is 31.9 Å². The van der Waals surface area contributed by atoms with Gasteiger partial charge < -0.3 is 10.0 Å². The maximum absolute atomic E-state index is 12.7. The molecule has 1 fully saturated rings. The van der Waals surface area contributed by atoms with Crippen LogP contribution in [0.15, 0.2) is 24.3 Å². The van der Waals surface area contributed by atoms with Gasteiger partial charge in [0.25, 0.3) is 5.91 Å². The van der Waals surface area contributed by atoms with Crippen LogP contribution in [0.5, 0.6) is 0 Å². The molecule has 2 rings (SSSR count). The molecule has 1 aliphatic carbocycles. The van der Waals surface area contributed by atoms with E-state index in [-0.39, 0.29) is 12.5 Å². The number of carbonyl (C=O) groups excluding carboxylic acids is 1. The SMILES string of the molecule is CCN(C(=O)c1ccccc1C#CCO)C1CCCC1. The van der Waals surface area contributed by atoms with Gasteiger partial charge in [0.2, 0.25) is 0 Å². The molecule has 1 aromatic carbocycles. The lowest BCUT2D eigenvalue weighted by atomic mass is 10.0. The number of rotatable bonds is 3. The molecule has 0 aromatic heterocycles. The van der Waals surface area contributed by atoms with E-state index in [0.29, 0.717) is 17.2 Å². The summed E-state index contributed by atoms with van der Waals surface area (Å²) < 4.78 is 0. The first-order chi connectivity index (χ1) is 9.77. The molecule has 0 heterocycles. The lowest BCUT2D eigenvalue weighted by Crippen LogP contribution is -2.38. The second-order valence-corrected chi connectivity index (χ2v) is 5.03. The van der Waals surface area contributed by atoms with Crippen LogP contribution in [0.4, 0.5) is 0 Å². The zero-order chi connectivity index (χ0) is 14.4. The molecule has 1 aromatic rings. The molecule has 1 saturated carbocycles. The third-order valence-electron chi connectivity index (χ3n) is 3.83. The standard InChI is InChI=1S/C17H21NO2/c1-2-18(15-10-4-5-11-15)17(20)16-12-6-3-8-14(16)9-7-13-19/h3,6,8,12,15,19H,2,4-5,10-11,13H2,1H3. The Bertz CT molecular complexity index is 521. The van der Waals surface area contributed by atoms with E-state index in [1.807, 2.05) is 36.1 Å². The normalized spacial score (nSPS) is 14.7. The van der Waals surface area contributed by atoms with Gasteiger partial charge >= 0.3 is 0 Å². The largest absolute Gasteiger partial charge is 0.384 e. The molecular weight excluding hydrogens is 250 g/mol. The number of nitrogens with zero attached hydrogens (tertiary/aromatic N) is 1. The average Bonchev–Trinajstić information content (AvgIpc) is 3.00. The molecule has 1 amide bonds. The van der Waals surface area contributed by atoms with Crippen LogP contribution in [0, 0.1) is 11.8 Å². The van der Waals surface area contributed by atoms with Crippen LogP contribution in [-0.4, -0.2) is 35.1 Å². The zero-order valence-corrected chi connectivity index (χ0v) is 11.9. The van der Waals surface area contributed by atoms with Crippen molar-refractivity contribution in [1.29, 1.82) is 0 Å². The van der Waals surface area contributed by atoms with Crippen molar-refractivity contribution in [2.45, 2.75) is 38.6 Å². The monoisotopic (exact) mass is 271 g/mol. The fourth-order valence-electron chi connectivity index (χ4n) is 2.85. The molecule has 20 heavy (non-hydrogen) atoms. The van der Waals surface area contributed by atoms with Crippen LogP contribution in [0.2, 0.25) is 0 Å². The van der Waals surface area contributed by atoms with Crippen molar-refractivity contribution < 1.29 is 9.90 Å². The van der Waals surface area contributed by atoms with Crippen LogP contribution in [0.1, 0.15) is 48.5 Å². The number of hydrogen-bond acceptors (Lipinski definition) is 2. The van der Waals surface area contributed by atoms with E-state index in [2.05, 4.69) is 11.8 Å². The van der Waals surface area contributed by atoms with E-state index in [9.17, 15) is 4.79 Å². The Kier molecular flexibility index (Phi) is 5.20. The number of benzene rings is 1. The fourth-order valence-corrected chi connectivity index (χ4v) is 2.85. The predicted octanol–water partition coefficient (Wildman–Crippen LogP) is 2.44. The second kappa shape index (κ2) is 7.12. The summed E-state index contributed by atoms with van der Waals surface area (Å²) in [6, 6.07) is 7.75. The van der Waals surface area contributed by atoms with E-state index in [4.69, 9.17) is 5.11 Å². The fraction of sp³-hybridized carbons (Fsp3) is 0.471. The second-order valence-electron chi connectivity index (χ2n) is 5.03. The Balaban J connectivity index is 2.27. The summed E-state index contributed by atoms with van der Waals surface area (Å²) in [7, 11) is 0. The van der Waals surface area contributed by atoms with Crippen molar-refractivity contribution >= 4 is 5.91 Å². The molecule has 3 heteroatoms. The van der Waals surface area contributed by atoms with Gasteiger partial charge in [0.15, 0.2) is 0 Å². The maximum Gasteiger partial charge on any atom is 0.255 e. The minimum absolute atomic E-state index is 0.0576. The molecule has 0 radical (unpaired) electrons. The van der Waals surface area contributed by atoms with Crippen molar-refractivity contribution in [2.75, 3.05) is 13.2 Å². The number of aliphatic hydroxyl groups excluding tert-OH is 1. The van der Waals surface area contributed by atoms with Gasteiger partial charge in [0.05, 0.1) is 5.56 Å². The molecule has 3 nitrogen and oxygen atoms in total. The van der Waals surface area contributed by atoms with Gasteiger partial charge in [-0.2, -0.15) is 0 Å². The highest BCUT2D eigenvalue weighted by Crippen LogP contribution is 2.25. The van der Waals surface area contributed by atoms with Crippen molar-refractivity contribution in [2.24, 2.45) is 0 Å². The summed E-state index contributed by atoms with van der Waals surface area (Å²) in [5.74, 6) is 5.54. The lowest BCUT2D eigenvalue weighted by Gasteiger charge is -2.28. The average molecular weight is 271 g/mol. The van der Waals surface area contributed by atoms with Gasteiger partial charge in [-0.25, -0.2) is 0 Å². The third-order valence-corrected chi connectivity index (χ3v) is 3.83. The Morgan fingerprint density at radius 3 is 2.70 bits per heavy atom. The molecule has 0 spiro atoms. The summed E-state index contributed by atoms with van der Waals surface area (Å²) in [6.45, 7) is 2.56. The number of aliphatic hydroxyl groups is 1. The van der Waals surface area contributed by atoms with Crippen molar-refractivity contribution in [1.82, 2.24) is 4.90 Å². The van der Waals surface area contributed by atoms with Crippen molar-refractivity contribution in [3.05, 3.63) is 35.4 Å². The summed E-state index contributed by atoms with van der Waals surface area (Å²) in [4.78, 5) is 14.7. The molecule has 1 N–H and O–H groups in total. The number of carbonyl (C=O) groups is 1. The topological polar surface area (TPSA) is 40.5 Å². The molecular formula is C17H21NO2. The minimum atomic E-state index is -0.192. The Morgan fingerprint density at radius 2 is 2.05 bits per heavy atom. The Labute approximate surface area is 120 Å². The summed E-state index contributed by atoms with van der Waals surface area (Å²) >= 11 is 0.